The van der Waals surface area contributed by atoms with E-state index in [0.29, 0.717) is 6.54 Å². The lowest BCUT2D eigenvalue weighted by atomic mass is 10.2. The average molecular weight is 344 g/mol. The summed E-state index contributed by atoms with van der Waals surface area (Å²) in [5.41, 5.74) is 2.06. The molecule has 0 aliphatic rings. The second-order valence-electron chi connectivity index (χ2n) is 4.58. The molecule has 0 saturated carbocycles. The van der Waals surface area contributed by atoms with Crippen molar-refractivity contribution < 1.29 is 0 Å². The van der Waals surface area contributed by atoms with Crippen LogP contribution >= 0.6 is 15.9 Å². The summed E-state index contributed by atoms with van der Waals surface area (Å²) in [7, 11) is 0. The summed E-state index contributed by atoms with van der Waals surface area (Å²) in [6, 6.07) is 5.96. The van der Waals surface area contributed by atoms with Crippen LogP contribution in [-0.2, 0) is 6.54 Å². The second-order valence-corrected chi connectivity index (χ2v) is 5.50. The van der Waals surface area contributed by atoms with E-state index < -0.39 is 0 Å². The van der Waals surface area contributed by atoms with E-state index in [1.54, 1.807) is 18.6 Å². The average Bonchev–Trinajstić information content (AvgIpc) is 2.91. The second kappa shape index (κ2) is 6.05. The number of hydrogen-bond acceptors (Lipinski definition) is 4. The fourth-order valence-electron chi connectivity index (χ4n) is 2.08. The zero-order valence-corrected chi connectivity index (χ0v) is 13.1. The van der Waals surface area contributed by atoms with Gasteiger partial charge in [0.05, 0.1) is 5.69 Å². The lowest BCUT2D eigenvalue weighted by Crippen LogP contribution is -2.07. The van der Waals surface area contributed by atoms with Crippen LogP contribution in [0.3, 0.4) is 0 Å². The summed E-state index contributed by atoms with van der Waals surface area (Å²) < 4.78 is 2.93. The van der Waals surface area contributed by atoms with Crippen LogP contribution in [0.5, 0.6) is 0 Å². The van der Waals surface area contributed by atoms with Gasteiger partial charge < -0.3 is 5.32 Å². The molecule has 3 aromatic heterocycles. The Labute approximate surface area is 131 Å². The largest absolute Gasteiger partial charge is 0.378 e. The lowest BCUT2D eigenvalue weighted by molar-refractivity contribution is 0.928. The molecule has 0 amide bonds. The van der Waals surface area contributed by atoms with Gasteiger partial charge in [-0.3, -0.25) is 9.55 Å². The predicted octanol–water partition coefficient (Wildman–Crippen LogP) is 3.35. The van der Waals surface area contributed by atoms with Gasteiger partial charge in [0.25, 0.3) is 0 Å². The van der Waals surface area contributed by atoms with Crippen LogP contribution in [0.2, 0.25) is 0 Å². The highest BCUT2D eigenvalue weighted by molar-refractivity contribution is 9.10. The summed E-state index contributed by atoms with van der Waals surface area (Å²) in [6.45, 7) is 2.63. The molecule has 0 fully saturated rings. The number of nitrogens with one attached hydrogen (secondary N) is 1. The van der Waals surface area contributed by atoms with Gasteiger partial charge in [0.15, 0.2) is 5.82 Å². The lowest BCUT2D eigenvalue weighted by Gasteiger charge is -2.12. The predicted molar refractivity (Wildman–Crippen MR) is 85.4 cm³/mol. The van der Waals surface area contributed by atoms with E-state index in [1.165, 1.54) is 0 Å². The summed E-state index contributed by atoms with van der Waals surface area (Å²) in [4.78, 5) is 12.9. The summed E-state index contributed by atoms with van der Waals surface area (Å²) in [5, 5.41) is 3.40. The molecule has 5 nitrogen and oxygen atoms in total. The van der Waals surface area contributed by atoms with Crippen LogP contribution in [0.15, 0.2) is 53.7 Å². The molecule has 3 heterocycles. The van der Waals surface area contributed by atoms with Gasteiger partial charge in [0, 0.05) is 42.0 Å². The van der Waals surface area contributed by atoms with Crippen LogP contribution in [-0.4, -0.2) is 19.5 Å². The van der Waals surface area contributed by atoms with Crippen molar-refractivity contribution in [1.82, 2.24) is 19.5 Å². The molecule has 0 atom stereocenters. The van der Waals surface area contributed by atoms with Crippen LogP contribution in [0, 0.1) is 6.92 Å². The van der Waals surface area contributed by atoms with Gasteiger partial charge in [-0.25, -0.2) is 9.97 Å². The molecule has 0 saturated heterocycles. The maximum Gasteiger partial charge on any atom is 0.161 e. The fraction of sp³-hybridized carbons (Fsp3) is 0.133. The van der Waals surface area contributed by atoms with Crippen molar-refractivity contribution >= 4 is 21.6 Å². The van der Waals surface area contributed by atoms with Crippen LogP contribution in [0.25, 0.3) is 5.82 Å². The van der Waals surface area contributed by atoms with Gasteiger partial charge in [-0.15, -0.1) is 0 Å². The number of nitrogens with zero attached hydrogens (tertiary/aromatic N) is 4. The number of pyridine rings is 2. The van der Waals surface area contributed by atoms with E-state index in [0.717, 1.165) is 27.4 Å². The van der Waals surface area contributed by atoms with Gasteiger partial charge >= 0.3 is 0 Å². The van der Waals surface area contributed by atoms with Crippen molar-refractivity contribution in [2.75, 3.05) is 5.32 Å². The Bertz CT molecular complexity index is 753. The Morgan fingerprint density at radius 3 is 2.90 bits per heavy atom. The molecule has 6 heteroatoms. The van der Waals surface area contributed by atoms with Crippen LogP contribution in [0.1, 0.15) is 11.4 Å². The Hall–Kier alpha value is -2.21. The molecule has 3 aromatic rings. The summed E-state index contributed by atoms with van der Waals surface area (Å²) in [5.74, 6) is 1.75. The molecule has 0 aliphatic carbocycles. The molecule has 1 N–H and O–H groups in total. The van der Waals surface area contributed by atoms with E-state index in [2.05, 4.69) is 36.2 Å². The van der Waals surface area contributed by atoms with Gasteiger partial charge in [-0.1, -0.05) is 0 Å². The summed E-state index contributed by atoms with van der Waals surface area (Å²) in [6.07, 6.45) is 9.07. The maximum atomic E-state index is 4.45. The monoisotopic (exact) mass is 343 g/mol. The molecule has 21 heavy (non-hydrogen) atoms. The Morgan fingerprint density at radius 2 is 2.14 bits per heavy atom. The number of halogens is 1. The van der Waals surface area contributed by atoms with E-state index >= 15 is 0 Å². The zero-order chi connectivity index (χ0) is 14.7. The normalized spacial score (nSPS) is 10.6. The topological polar surface area (TPSA) is 55.6 Å². The molecule has 0 radical (unpaired) electrons. The number of imidazole rings is 1. The zero-order valence-electron chi connectivity index (χ0n) is 11.5. The number of aryl methyl sites for hydroxylation is 1. The highest BCUT2D eigenvalue weighted by atomic mass is 79.9. The molecule has 0 bridgehead atoms. The van der Waals surface area contributed by atoms with Gasteiger partial charge in [-0.2, -0.15) is 0 Å². The molecule has 0 aromatic carbocycles. The van der Waals surface area contributed by atoms with E-state index in [9.17, 15) is 0 Å². The van der Waals surface area contributed by atoms with E-state index in [-0.39, 0.29) is 0 Å². The first kappa shape index (κ1) is 13.8. The third kappa shape index (κ3) is 3.11. The first-order valence-corrected chi connectivity index (χ1v) is 7.32. The highest BCUT2D eigenvalue weighted by Gasteiger charge is 2.07. The van der Waals surface area contributed by atoms with Crippen molar-refractivity contribution in [3.8, 4) is 5.82 Å². The SMILES string of the molecule is Cc1nccn1-c1ncccc1NCc1cncc(Br)c1. The van der Waals surface area contributed by atoms with Gasteiger partial charge in [0.2, 0.25) is 0 Å². The maximum absolute atomic E-state index is 4.45. The van der Waals surface area contributed by atoms with Gasteiger partial charge in [0.1, 0.15) is 5.82 Å². The van der Waals surface area contributed by atoms with Crippen molar-refractivity contribution in [2.24, 2.45) is 0 Å². The first-order chi connectivity index (χ1) is 10.2. The van der Waals surface area contributed by atoms with Crippen molar-refractivity contribution in [3.05, 3.63) is 65.0 Å². The third-order valence-corrected chi connectivity index (χ3v) is 3.52. The molecule has 3 rings (SSSR count). The van der Waals surface area contributed by atoms with Crippen LogP contribution < -0.4 is 5.32 Å². The number of hydrogen-bond donors (Lipinski definition) is 1. The standard InChI is InChI=1S/C15H14BrN5/c1-11-18-5-6-21(11)15-14(3-2-4-19-15)20-9-12-7-13(16)10-17-8-12/h2-8,10,20H,9H2,1H3. The number of aromatic nitrogens is 4. The molecule has 0 aliphatic heterocycles. The molecule has 106 valence electrons. The minimum absolute atomic E-state index is 0.679. The van der Waals surface area contributed by atoms with E-state index in [1.807, 2.05) is 42.1 Å². The summed E-state index contributed by atoms with van der Waals surface area (Å²) >= 11 is 3.43. The first-order valence-electron chi connectivity index (χ1n) is 6.52. The number of anilines is 1. The van der Waals surface area contributed by atoms with Crippen molar-refractivity contribution in [2.45, 2.75) is 13.5 Å². The van der Waals surface area contributed by atoms with Gasteiger partial charge in [-0.05, 0) is 46.6 Å². The minimum Gasteiger partial charge on any atom is -0.378 e. The molecule has 0 unspecified atom stereocenters. The fourth-order valence-corrected chi connectivity index (χ4v) is 2.49. The molecular formula is C15H14BrN5. The number of rotatable bonds is 4. The van der Waals surface area contributed by atoms with E-state index in [4.69, 9.17) is 0 Å². The third-order valence-electron chi connectivity index (χ3n) is 3.09. The Balaban J connectivity index is 1.85. The molecule has 0 spiro atoms. The van der Waals surface area contributed by atoms with Crippen molar-refractivity contribution in [3.63, 3.8) is 0 Å². The smallest absolute Gasteiger partial charge is 0.161 e. The Kier molecular flexibility index (Phi) is 3.96. The van der Waals surface area contributed by atoms with Crippen molar-refractivity contribution in [1.29, 1.82) is 0 Å². The minimum atomic E-state index is 0.679. The Morgan fingerprint density at radius 1 is 1.24 bits per heavy atom. The quantitative estimate of drug-likeness (QED) is 0.789. The molecular weight excluding hydrogens is 330 g/mol. The highest BCUT2D eigenvalue weighted by Crippen LogP contribution is 2.19. The van der Waals surface area contributed by atoms with Crippen LogP contribution in [0.4, 0.5) is 5.69 Å².